The molecule has 0 bridgehead atoms. The molecular formula is C15H20F5NO. The molecule has 2 N–H and O–H groups in total. The molecule has 0 heterocycles. The Morgan fingerprint density at radius 1 is 1.05 bits per heavy atom. The van der Waals surface area contributed by atoms with Crippen molar-refractivity contribution in [1.82, 2.24) is 5.32 Å². The number of rotatable bonds is 7. The van der Waals surface area contributed by atoms with Crippen molar-refractivity contribution in [2.75, 3.05) is 6.61 Å². The van der Waals surface area contributed by atoms with E-state index < -0.39 is 30.8 Å². The summed E-state index contributed by atoms with van der Waals surface area (Å²) in [4.78, 5) is 0. The van der Waals surface area contributed by atoms with Gasteiger partial charge < -0.3 is 5.11 Å². The molecule has 2 atom stereocenters. The smallest absolute Gasteiger partial charge is 0.395 e. The summed E-state index contributed by atoms with van der Waals surface area (Å²) < 4.78 is 65.9. The number of alkyl halides is 5. The number of nitrogens with one attached hydrogen (secondary N) is 1. The van der Waals surface area contributed by atoms with Crippen LogP contribution in [0.5, 0.6) is 0 Å². The predicted molar refractivity (Wildman–Crippen MR) is 73.6 cm³/mol. The number of benzene rings is 1. The van der Waals surface area contributed by atoms with Crippen molar-refractivity contribution < 1.29 is 27.1 Å². The van der Waals surface area contributed by atoms with Crippen molar-refractivity contribution in [2.24, 2.45) is 5.92 Å². The second-order valence-electron chi connectivity index (χ2n) is 5.64. The summed E-state index contributed by atoms with van der Waals surface area (Å²) in [5, 5.41) is 11.5. The Morgan fingerprint density at radius 2 is 1.59 bits per heavy atom. The van der Waals surface area contributed by atoms with Crippen LogP contribution >= 0.6 is 0 Å². The first-order valence-electron chi connectivity index (χ1n) is 6.96. The van der Waals surface area contributed by atoms with E-state index in [4.69, 9.17) is 0 Å². The third-order valence-electron chi connectivity index (χ3n) is 3.25. The maximum atomic E-state index is 13.8. The molecule has 0 fully saturated rings. The largest absolute Gasteiger partial charge is 0.455 e. The Labute approximate surface area is 126 Å². The van der Waals surface area contributed by atoms with Crippen molar-refractivity contribution >= 4 is 0 Å². The van der Waals surface area contributed by atoms with Crippen LogP contribution in [0.15, 0.2) is 30.3 Å². The van der Waals surface area contributed by atoms with Crippen LogP contribution in [-0.2, 0) is 0 Å². The Morgan fingerprint density at radius 3 is 2.00 bits per heavy atom. The second kappa shape index (κ2) is 7.37. The number of aliphatic hydroxyl groups excluding tert-OH is 1. The fourth-order valence-electron chi connectivity index (χ4n) is 2.22. The molecule has 0 spiro atoms. The van der Waals surface area contributed by atoms with Gasteiger partial charge in [-0.25, -0.2) is 0 Å². The quantitative estimate of drug-likeness (QED) is 0.745. The lowest BCUT2D eigenvalue weighted by Gasteiger charge is -2.33. The maximum absolute atomic E-state index is 13.8. The van der Waals surface area contributed by atoms with E-state index in [1.54, 1.807) is 13.8 Å². The molecule has 2 nitrogen and oxygen atoms in total. The standard InChI is InChI=1S/C15H20F5NO/c1-10(2)8-12(9-22)21-13(11-6-4-3-5-7-11)14(16,17)15(18,19)20/h3-7,10,12-13,21-22H,8-9H2,1-2H3/t12-,13-/m0/s1. The predicted octanol–water partition coefficient (Wildman–Crippen LogP) is 3.92. The summed E-state index contributed by atoms with van der Waals surface area (Å²) in [5.74, 6) is -4.90. The normalized spacial score (nSPS) is 15.9. The average molecular weight is 325 g/mol. The number of hydrogen-bond acceptors (Lipinski definition) is 2. The fourth-order valence-corrected chi connectivity index (χ4v) is 2.22. The van der Waals surface area contributed by atoms with Crippen molar-refractivity contribution in [1.29, 1.82) is 0 Å². The maximum Gasteiger partial charge on any atom is 0.455 e. The molecule has 0 aliphatic carbocycles. The SMILES string of the molecule is CC(C)C[C@@H](CO)N[C@@H](c1ccccc1)C(F)(F)C(F)(F)F. The topological polar surface area (TPSA) is 32.3 Å². The highest BCUT2D eigenvalue weighted by atomic mass is 19.4. The third-order valence-corrected chi connectivity index (χ3v) is 3.25. The molecule has 0 amide bonds. The summed E-state index contributed by atoms with van der Waals surface area (Å²) >= 11 is 0. The monoisotopic (exact) mass is 325 g/mol. The van der Waals surface area contributed by atoms with Crippen molar-refractivity contribution in [3.8, 4) is 0 Å². The fraction of sp³-hybridized carbons (Fsp3) is 0.600. The highest BCUT2D eigenvalue weighted by Gasteiger charge is 2.62. The molecule has 126 valence electrons. The summed E-state index contributed by atoms with van der Waals surface area (Å²) in [6, 6.07) is 3.65. The van der Waals surface area contributed by atoms with Crippen LogP contribution in [0.2, 0.25) is 0 Å². The van der Waals surface area contributed by atoms with E-state index in [0.29, 0.717) is 0 Å². The van der Waals surface area contributed by atoms with Crippen LogP contribution in [0.4, 0.5) is 22.0 Å². The molecule has 0 saturated carbocycles. The van der Waals surface area contributed by atoms with Crippen LogP contribution < -0.4 is 5.32 Å². The zero-order chi connectivity index (χ0) is 17.0. The third kappa shape index (κ3) is 4.64. The molecule has 1 aromatic rings. The molecule has 0 aromatic heterocycles. The first-order chi connectivity index (χ1) is 10.1. The van der Waals surface area contributed by atoms with E-state index in [9.17, 15) is 27.1 Å². The molecule has 1 rings (SSSR count). The minimum Gasteiger partial charge on any atom is -0.395 e. The Kier molecular flexibility index (Phi) is 6.31. The number of aliphatic hydroxyl groups is 1. The minimum absolute atomic E-state index is 0.0422. The van der Waals surface area contributed by atoms with Crippen LogP contribution in [0.1, 0.15) is 31.9 Å². The minimum atomic E-state index is -5.68. The van der Waals surface area contributed by atoms with Gasteiger partial charge in [-0.2, -0.15) is 22.0 Å². The van der Waals surface area contributed by atoms with Gasteiger partial charge in [0.15, 0.2) is 0 Å². The van der Waals surface area contributed by atoms with Gasteiger partial charge in [-0.3, -0.25) is 5.32 Å². The van der Waals surface area contributed by atoms with Gasteiger partial charge in [0.1, 0.15) is 6.04 Å². The van der Waals surface area contributed by atoms with Gasteiger partial charge in [0.2, 0.25) is 0 Å². The Hall–Kier alpha value is -1.21. The molecule has 0 saturated heterocycles. The zero-order valence-electron chi connectivity index (χ0n) is 12.4. The van der Waals surface area contributed by atoms with Gasteiger partial charge in [0.25, 0.3) is 0 Å². The Bertz CT molecular complexity index is 447. The van der Waals surface area contributed by atoms with E-state index in [1.807, 2.05) is 0 Å². The van der Waals surface area contributed by atoms with E-state index >= 15 is 0 Å². The summed E-state index contributed by atoms with van der Waals surface area (Å²) in [7, 11) is 0. The van der Waals surface area contributed by atoms with Gasteiger partial charge >= 0.3 is 12.1 Å². The van der Waals surface area contributed by atoms with Crippen molar-refractivity contribution in [3.63, 3.8) is 0 Å². The van der Waals surface area contributed by atoms with Crippen LogP contribution in [0.3, 0.4) is 0 Å². The van der Waals surface area contributed by atoms with Gasteiger partial charge in [0.05, 0.1) is 6.61 Å². The lowest BCUT2D eigenvalue weighted by molar-refractivity contribution is -0.295. The number of halogens is 5. The highest BCUT2D eigenvalue weighted by molar-refractivity contribution is 5.22. The molecular weight excluding hydrogens is 305 g/mol. The molecule has 0 aliphatic rings. The molecule has 1 aromatic carbocycles. The van der Waals surface area contributed by atoms with Crippen LogP contribution in [0.25, 0.3) is 0 Å². The van der Waals surface area contributed by atoms with E-state index in [1.165, 1.54) is 30.3 Å². The zero-order valence-corrected chi connectivity index (χ0v) is 12.4. The highest BCUT2D eigenvalue weighted by Crippen LogP contribution is 2.44. The van der Waals surface area contributed by atoms with E-state index in [2.05, 4.69) is 5.32 Å². The van der Waals surface area contributed by atoms with Crippen LogP contribution in [-0.4, -0.2) is 29.9 Å². The van der Waals surface area contributed by atoms with E-state index in [-0.39, 0.29) is 17.9 Å². The summed E-state index contributed by atoms with van der Waals surface area (Å²) in [5.41, 5.74) is -0.174. The lowest BCUT2D eigenvalue weighted by atomic mass is 9.96. The van der Waals surface area contributed by atoms with Crippen molar-refractivity contribution in [2.45, 2.75) is 44.5 Å². The van der Waals surface area contributed by atoms with Gasteiger partial charge in [-0.1, -0.05) is 44.2 Å². The number of hydrogen-bond donors (Lipinski definition) is 2. The molecule has 7 heteroatoms. The lowest BCUT2D eigenvalue weighted by Crippen LogP contribution is -2.51. The van der Waals surface area contributed by atoms with Gasteiger partial charge in [0, 0.05) is 6.04 Å². The molecule has 22 heavy (non-hydrogen) atoms. The first-order valence-corrected chi connectivity index (χ1v) is 6.96. The van der Waals surface area contributed by atoms with Gasteiger partial charge in [-0.15, -0.1) is 0 Å². The van der Waals surface area contributed by atoms with Crippen molar-refractivity contribution in [3.05, 3.63) is 35.9 Å². The molecule has 0 radical (unpaired) electrons. The first kappa shape index (κ1) is 18.8. The average Bonchev–Trinajstić information content (AvgIpc) is 2.42. The Balaban J connectivity index is 3.13. The van der Waals surface area contributed by atoms with Gasteiger partial charge in [-0.05, 0) is 17.9 Å². The molecule has 0 aliphatic heterocycles. The summed E-state index contributed by atoms with van der Waals surface area (Å²) in [6.45, 7) is 3.07. The van der Waals surface area contributed by atoms with E-state index in [0.717, 1.165) is 0 Å². The molecule has 0 unspecified atom stereocenters. The summed E-state index contributed by atoms with van der Waals surface area (Å²) in [6.07, 6.45) is -5.40. The second-order valence-corrected chi connectivity index (χ2v) is 5.64. The van der Waals surface area contributed by atoms with Crippen LogP contribution in [0, 0.1) is 5.92 Å².